The van der Waals surface area contributed by atoms with Gasteiger partial charge in [-0.25, -0.2) is 0 Å². The van der Waals surface area contributed by atoms with E-state index in [4.69, 9.17) is 4.99 Å². The van der Waals surface area contributed by atoms with Crippen molar-refractivity contribution in [2.24, 2.45) is 10.9 Å². The molecule has 4 heterocycles. The third-order valence-electron chi connectivity index (χ3n) is 6.50. The van der Waals surface area contributed by atoms with E-state index in [-0.39, 0.29) is 12.0 Å². The highest BCUT2D eigenvalue weighted by Crippen LogP contribution is 2.41. The summed E-state index contributed by atoms with van der Waals surface area (Å²) in [5, 5.41) is 10.9. The summed E-state index contributed by atoms with van der Waals surface area (Å²) >= 11 is 0. The van der Waals surface area contributed by atoms with E-state index in [1.54, 1.807) is 6.20 Å². The third kappa shape index (κ3) is 3.69. The highest BCUT2D eigenvalue weighted by molar-refractivity contribution is 5.94. The Bertz CT molecular complexity index is 943. The maximum absolute atomic E-state index is 10.9. The molecule has 1 aromatic heterocycles. The van der Waals surface area contributed by atoms with Gasteiger partial charge in [0.05, 0.1) is 11.7 Å². The van der Waals surface area contributed by atoms with Gasteiger partial charge in [0, 0.05) is 23.7 Å². The highest BCUT2D eigenvalue weighted by Gasteiger charge is 2.44. The van der Waals surface area contributed by atoms with Crippen LogP contribution in [0, 0.1) is 5.92 Å². The first-order valence-electron chi connectivity index (χ1n) is 10.8. The van der Waals surface area contributed by atoms with Gasteiger partial charge >= 0.3 is 0 Å². The van der Waals surface area contributed by atoms with Crippen LogP contribution in [0.1, 0.15) is 41.8 Å². The number of hydrogen-bond acceptors (Lipinski definition) is 4. The van der Waals surface area contributed by atoms with Crippen molar-refractivity contribution >= 4 is 5.71 Å². The van der Waals surface area contributed by atoms with Crippen molar-refractivity contribution in [3.63, 3.8) is 0 Å². The maximum Gasteiger partial charge on any atom is 0.188 e. The predicted octanol–water partition coefficient (Wildman–Crippen LogP) is 4.44. The Morgan fingerprint density at radius 1 is 0.833 bits per heavy atom. The zero-order valence-electron chi connectivity index (χ0n) is 17.0. The molecule has 0 aliphatic carbocycles. The number of nitrogens with zero attached hydrogens (tertiary/aromatic N) is 3. The molecule has 3 aliphatic rings. The molecule has 0 saturated carbocycles. The number of benzene rings is 2. The minimum absolute atomic E-state index is 0.153. The summed E-state index contributed by atoms with van der Waals surface area (Å²) in [7, 11) is 0. The number of fused-ring (bicyclic) bond motifs is 3. The summed E-state index contributed by atoms with van der Waals surface area (Å²) in [6.07, 6.45) is 3.02. The van der Waals surface area contributed by atoms with Gasteiger partial charge in [-0.15, -0.1) is 0 Å². The molecule has 4 nitrogen and oxygen atoms in total. The van der Waals surface area contributed by atoms with Gasteiger partial charge in [0.15, 0.2) is 6.23 Å². The summed E-state index contributed by atoms with van der Waals surface area (Å²) in [6, 6.07) is 27.2. The van der Waals surface area contributed by atoms with Crippen molar-refractivity contribution in [3.05, 3.63) is 102 Å². The number of pyridine rings is 1. The van der Waals surface area contributed by atoms with E-state index in [2.05, 4.69) is 70.5 Å². The van der Waals surface area contributed by atoms with Crippen molar-refractivity contribution < 1.29 is 5.11 Å². The van der Waals surface area contributed by atoms with Crippen LogP contribution in [0.3, 0.4) is 0 Å². The Labute approximate surface area is 177 Å². The lowest BCUT2D eigenvalue weighted by Crippen LogP contribution is -2.58. The Morgan fingerprint density at radius 2 is 1.43 bits per heavy atom. The molecular weight excluding hydrogens is 370 g/mol. The molecule has 0 amide bonds. The molecule has 0 radical (unpaired) electrons. The first-order valence-corrected chi connectivity index (χ1v) is 10.8. The number of aliphatic hydroxyl groups is 1. The number of aromatic nitrogens is 1. The van der Waals surface area contributed by atoms with Gasteiger partial charge in [0.25, 0.3) is 0 Å². The minimum Gasteiger partial charge on any atom is -0.367 e. The van der Waals surface area contributed by atoms with E-state index in [9.17, 15) is 5.11 Å². The van der Waals surface area contributed by atoms with Crippen LogP contribution in [0.4, 0.5) is 0 Å². The van der Waals surface area contributed by atoms with Crippen molar-refractivity contribution in [2.75, 3.05) is 13.1 Å². The van der Waals surface area contributed by atoms with Crippen molar-refractivity contribution in [3.8, 4) is 0 Å². The fraction of sp³-hybridized carbons (Fsp3) is 0.308. The molecule has 6 rings (SSSR count). The second-order valence-electron chi connectivity index (χ2n) is 8.24. The number of aliphatic imine (C=N–C) groups is 1. The van der Waals surface area contributed by atoms with E-state index < -0.39 is 6.23 Å². The smallest absolute Gasteiger partial charge is 0.188 e. The second kappa shape index (κ2) is 8.50. The normalized spacial score (nSPS) is 25.5. The van der Waals surface area contributed by atoms with Gasteiger partial charge in [-0.3, -0.25) is 14.9 Å². The van der Waals surface area contributed by atoms with Crippen molar-refractivity contribution in [2.45, 2.75) is 31.0 Å². The topological polar surface area (TPSA) is 48.7 Å². The number of rotatable bonds is 5. The lowest BCUT2D eigenvalue weighted by molar-refractivity contribution is 0.128. The summed E-state index contributed by atoms with van der Waals surface area (Å²) < 4.78 is 0. The number of hydrogen-bond donors (Lipinski definition) is 1. The SMILES string of the molecule is OC(N=C1C2CCN(CC2)C1C(c1ccccc1)c1ccccc1)c1ccccn1. The van der Waals surface area contributed by atoms with Crippen LogP contribution in [-0.2, 0) is 0 Å². The summed E-state index contributed by atoms with van der Waals surface area (Å²) in [5.41, 5.74) is 4.32. The van der Waals surface area contributed by atoms with E-state index in [0.717, 1.165) is 31.6 Å². The Balaban J connectivity index is 1.60. The van der Waals surface area contributed by atoms with Gasteiger partial charge in [0.1, 0.15) is 0 Å². The number of aliphatic hydroxyl groups excluding tert-OH is 1. The number of piperidine rings is 3. The zero-order chi connectivity index (χ0) is 20.3. The molecule has 3 saturated heterocycles. The molecule has 1 N–H and O–H groups in total. The van der Waals surface area contributed by atoms with Crippen LogP contribution < -0.4 is 0 Å². The summed E-state index contributed by atoms with van der Waals surface area (Å²) in [4.78, 5) is 11.8. The molecule has 3 fully saturated rings. The maximum atomic E-state index is 10.9. The van der Waals surface area contributed by atoms with Gasteiger partial charge in [-0.2, -0.15) is 0 Å². The lowest BCUT2D eigenvalue weighted by Gasteiger charge is -2.49. The summed E-state index contributed by atoms with van der Waals surface area (Å²) in [5.74, 6) is 0.610. The molecule has 0 spiro atoms. The van der Waals surface area contributed by atoms with Gasteiger partial charge in [-0.05, 0) is 49.2 Å². The van der Waals surface area contributed by atoms with E-state index in [1.165, 1.54) is 11.1 Å². The summed E-state index contributed by atoms with van der Waals surface area (Å²) in [6.45, 7) is 2.18. The Hall–Kier alpha value is -2.82. The van der Waals surface area contributed by atoms with Crippen LogP contribution >= 0.6 is 0 Å². The molecule has 2 bridgehead atoms. The third-order valence-corrected chi connectivity index (χ3v) is 6.50. The van der Waals surface area contributed by atoms with Crippen LogP contribution in [0.2, 0.25) is 0 Å². The molecule has 2 unspecified atom stereocenters. The van der Waals surface area contributed by atoms with Gasteiger partial charge in [0.2, 0.25) is 0 Å². The second-order valence-corrected chi connectivity index (χ2v) is 8.24. The molecule has 30 heavy (non-hydrogen) atoms. The molecule has 2 aromatic carbocycles. The average molecular weight is 398 g/mol. The average Bonchev–Trinajstić information content (AvgIpc) is 2.83. The van der Waals surface area contributed by atoms with Crippen LogP contribution in [0.15, 0.2) is 90.1 Å². The van der Waals surface area contributed by atoms with Gasteiger partial charge in [-0.1, -0.05) is 66.7 Å². The van der Waals surface area contributed by atoms with Crippen molar-refractivity contribution in [1.82, 2.24) is 9.88 Å². The van der Waals surface area contributed by atoms with Crippen LogP contribution in [-0.4, -0.2) is 39.8 Å². The van der Waals surface area contributed by atoms with Crippen LogP contribution in [0.5, 0.6) is 0 Å². The van der Waals surface area contributed by atoms with E-state index in [0.29, 0.717) is 11.6 Å². The first-order chi connectivity index (χ1) is 14.8. The molecule has 3 aliphatic heterocycles. The van der Waals surface area contributed by atoms with E-state index in [1.807, 2.05) is 18.2 Å². The monoisotopic (exact) mass is 397 g/mol. The zero-order valence-corrected chi connectivity index (χ0v) is 17.0. The molecular formula is C26H27N3O. The van der Waals surface area contributed by atoms with Gasteiger partial charge < -0.3 is 5.11 Å². The molecule has 152 valence electrons. The van der Waals surface area contributed by atoms with Crippen molar-refractivity contribution in [1.29, 1.82) is 0 Å². The fourth-order valence-corrected chi connectivity index (χ4v) is 5.08. The largest absolute Gasteiger partial charge is 0.367 e. The fourth-order valence-electron chi connectivity index (χ4n) is 5.08. The predicted molar refractivity (Wildman–Crippen MR) is 119 cm³/mol. The first kappa shape index (κ1) is 19.2. The highest BCUT2D eigenvalue weighted by atomic mass is 16.3. The quantitative estimate of drug-likeness (QED) is 0.692. The Kier molecular flexibility index (Phi) is 5.43. The molecule has 4 heteroatoms. The Morgan fingerprint density at radius 3 is 2.00 bits per heavy atom. The van der Waals surface area contributed by atoms with E-state index >= 15 is 0 Å². The lowest BCUT2D eigenvalue weighted by atomic mass is 9.72. The standard InChI is InChI=1S/C26H27N3O/c30-26(22-13-7-8-16-27-22)28-24-21-14-17-29(18-15-21)25(24)23(19-9-3-1-4-10-19)20-11-5-2-6-12-20/h1-13,16,21,23,25-26,30H,14-15,17-18H2. The van der Waals surface area contributed by atoms with Crippen LogP contribution in [0.25, 0.3) is 0 Å². The molecule has 2 atom stereocenters. The minimum atomic E-state index is -0.920. The molecule has 3 aromatic rings.